The molecule has 3 rings (SSSR count). The van der Waals surface area contributed by atoms with Crippen LogP contribution in [0, 0.1) is 0 Å². The number of nitrogens with one attached hydrogen (secondary N) is 1. The van der Waals surface area contributed by atoms with Crippen LogP contribution in [0.15, 0.2) is 64.2 Å². The van der Waals surface area contributed by atoms with Crippen LogP contribution in [0.25, 0.3) is 0 Å². The van der Waals surface area contributed by atoms with Gasteiger partial charge in [0.05, 0.1) is 32.0 Å². The first-order valence-corrected chi connectivity index (χ1v) is 10.9. The van der Waals surface area contributed by atoms with Crippen LogP contribution in [0.5, 0.6) is 23.0 Å². The smallest absolute Gasteiger partial charge is 0.271 e. The largest absolute Gasteiger partial charge is 0.497 e. The van der Waals surface area contributed by atoms with Crippen LogP contribution in [0.3, 0.4) is 0 Å². The summed E-state index contributed by atoms with van der Waals surface area (Å²) in [5.74, 6) is 1.63. The van der Waals surface area contributed by atoms with E-state index in [4.69, 9.17) is 30.5 Å². The molecule has 1 amide bonds. The second kappa shape index (κ2) is 11.6. The van der Waals surface area contributed by atoms with Crippen molar-refractivity contribution >= 4 is 39.7 Å². The number of methoxy groups -OCH3 is 3. The number of amides is 1. The average Bonchev–Trinajstić information content (AvgIpc) is 2.83. The number of carbonyl (C=O) groups excluding carboxylic acids is 1. The number of halogens is 2. The molecule has 1 N–H and O–H groups in total. The van der Waals surface area contributed by atoms with Crippen LogP contribution in [-0.2, 0) is 6.61 Å². The molecule has 9 heteroatoms. The Morgan fingerprint density at radius 2 is 1.73 bits per heavy atom. The Kier molecular flexibility index (Phi) is 8.57. The van der Waals surface area contributed by atoms with Crippen LogP contribution < -0.4 is 24.4 Å². The van der Waals surface area contributed by atoms with Crippen molar-refractivity contribution in [3.05, 3.63) is 80.8 Å². The fourth-order valence-electron chi connectivity index (χ4n) is 2.89. The highest BCUT2D eigenvalue weighted by atomic mass is 79.9. The number of carbonyl (C=O) groups is 1. The van der Waals surface area contributed by atoms with Gasteiger partial charge in [0, 0.05) is 22.2 Å². The SMILES string of the molecule is COc1cc(OC)cc(C(=O)N/N=C\c2cc(Br)c(OCc3ccccc3Cl)c(OC)c2)c1. The topological polar surface area (TPSA) is 78.4 Å². The first-order chi connectivity index (χ1) is 15.9. The van der Waals surface area contributed by atoms with Gasteiger partial charge in [0.2, 0.25) is 0 Å². The van der Waals surface area contributed by atoms with Crippen LogP contribution in [0.1, 0.15) is 21.5 Å². The lowest BCUT2D eigenvalue weighted by Crippen LogP contribution is -2.17. The molecule has 0 unspecified atom stereocenters. The van der Waals surface area contributed by atoms with Crippen LogP contribution in [-0.4, -0.2) is 33.5 Å². The zero-order chi connectivity index (χ0) is 23.8. The Hall–Kier alpha value is -3.23. The van der Waals surface area contributed by atoms with Gasteiger partial charge in [0.1, 0.15) is 18.1 Å². The van der Waals surface area contributed by atoms with Gasteiger partial charge in [-0.2, -0.15) is 5.10 Å². The molecule has 0 saturated carbocycles. The van der Waals surface area contributed by atoms with Gasteiger partial charge in [-0.3, -0.25) is 4.79 Å². The van der Waals surface area contributed by atoms with Crippen molar-refractivity contribution in [2.24, 2.45) is 5.10 Å². The van der Waals surface area contributed by atoms with Crippen molar-refractivity contribution in [3.8, 4) is 23.0 Å². The average molecular weight is 534 g/mol. The zero-order valence-electron chi connectivity index (χ0n) is 18.2. The molecular weight excluding hydrogens is 512 g/mol. The van der Waals surface area contributed by atoms with E-state index in [1.807, 2.05) is 24.3 Å². The van der Waals surface area contributed by atoms with Crippen LogP contribution in [0.2, 0.25) is 5.02 Å². The molecule has 0 aromatic heterocycles. The van der Waals surface area contributed by atoms with E-state index in [1.54, 1.807) is 37.4 Å². The van der Waals surface area contributed by atoms with E-state index in [2.05, 4.69) is 26.5 Å². The molecule has 3 aromatic rings. The fraction of sp³-hybridized carbons (Fsp3) is 0.167. The number of ether oxygens (including phenoxy) is 4. The number of hydrogen-bond donors (Lipinski definition) is 1. The third-order valence-corrected chi connectivity index (χ3v) is 5.53. The molecule has 3 aromatic carbocycles. The van der Waals surface area contributed by atoms with E-state index in [0.29, 0.717) is 43.6 Å². The normalized spacial score (nSPS) is 10.7. The summed E-state index contributed by atoms with van der Waals surface area (Å²) in [6.07, 6.45) is 1.50. The molecule has 0 saturated heterocycles. The van der Waals surface area contributed by atoms with Gasteiger partial charge in [-0.1, -0.05) is 29.8 Å². The Bertz CT molecular complexity index is 1150. The lowest BCUT2D eigenvalue weighted by Gasteiger charge is -2.14. The van der Waals surface area contributed by atoms with E-state index in [0.717, 1.165) is 5.56 Å². The van der Waals surface area contributed by atoms with Gasteiger partial charge in [0.15, 0.2) is 11.5 Å². The highest BCUT2D eigenvalue weighted by Crippen LogP contribution is 2.37. The van der Waals surface area contributed by atoms with Gasteiger partial charge in [-0.05, 0) is 51.8 Å². The van der Waals surface area contributed by atoms with Crippen molar-refractivity contribution in [1.82, 2.24) is 5.43 Å². The standard InChI is InChI=1S/C24H22BrClN2O5/c1-30-18-10-17(11-19(12-18)31-2)24(29)28-27-13-15-8-20(25)23(22(9-15)32-3)33-14-16-6-4-5-7-21(16)26/h4-13H,14H2,1-3H3,(H,28,29)/b27-13-. The van der Waals surface area contributed by atoms with Gasteiger partial charge >= 0.3 is 0 Å². The molecular formula is C24H22BrClN2O5. The highest BCUT2D eigenvalue weighted by molar-refractivity contribution is 9.10. The second-order valence-corrected chi connectivity index (χ2v) is 7.98. The van der Waals surface area contributed by atoms with Crippen molar-refractivity contribution in [3.63, 3.8) is 0 Å². The molecule has 0 aliphatic carbocycles. The summed E-state index contributed by atoms with van der Waals surface area (Å²) in [4.78, 5) is 12.5. The molecule has 0 bridgehead atoms. The quantitative estimate of drug-likeness (QED) is 0.291. The lowest BCUT2D eigenvalue weighted by atomic mass is 10.2. The van der Waals surface area contributed by atoms with Crippen molar-refractivity contribution < 1.29 is 23.7 Å². The fourth-order valence-corrected chi connectivity index (χ4v) is 3.65. The maximum Gasteiger partial charge on any atom is 0.271 e. The minimum absolute atomic E-state index is 0.280. The third-order valence-electron chi connectivity index (χ3n) is 4.57. The number of hydrazone groups is 1. The molecule has 0 atom stereocenters. The van der Waals surface area contributed by atoms with Crippen molar-refractivity contribution in [2.45, 2.75) is 6.61 Å². The van der Waals surface area contributed by atoms with Gasteiger partial charge in [-0.15, -0.1) is 0 Å². The van der Waals surface area contributed by atoms with E-state index in [1.165, 1.54) is 20.4 Å². The lowest BCUT2D eigenvalue weighted by molar-refractivity contribution is 0.0954. The zero-order valence-corrected chi connectivity index (χ0v) is 20.6. The molecule has 7 nitrogen and oxygen atoms in total. The summed E-state index contributed by atoms with van der Waals surface area (Å²) in [5.41, 5.74) is 4.39. The van der Waals surface area contributed by atoms with E-state index in [-0.39, 0.29) is 6.61 Å². The highest BCUT2D eigenvalue weighted by Gasteiger charge is 2.13. The summed E-state index contributed by atoms with van der Waals surface area (Å²) < 4.78 is 22.4. The maximum absolute atomic E-state index is 12.5. The Balaban J connectivity index is 1.72. The van der Waals surface area contributed by atoms with Gasteiger partial charge in [-0.25, -0.2) is 5.43 Å². The van der Waals surface area contributed by atoms with E-state index < -0.39 is 5.91 Å². The third kappa shape index (κ3) is 6.40. The van der Waals surface area contributed by atoms with Crippen molar-refractivity contribution in [1.29, 1.82) is 0 Å². The first kappa shape index (κ1) is 24.4. The monoisotopic (exact) mass is 532 g/mol. The molecule has 0 radical (unpaired) electrons. The van der Waals surface area contributed by atoms with Gasteiger partial charge < -0.3 is 18.9 Å². The molecule has 0 aliphatic rings. The van der Waals surface area contributed by atoms with Gasteiger partial charge in [0.25, 0.3) is 5.91 Å². The van der Waals surface area contributed by atoms with E-state index in [9.17, 15) is 4.79 Å². The summed E-state index contributed by atoms with van der Waals surface area (Å²) in [6.45, 7) is 0.280. The summed E-state index contributed by atoms with van der Waals surface area (Å²) in [6, 6.07) is 15.9. The summed E-state index contributed by atoms with van der Waals surface area (Å²) in [7, 11) is 4.58. The molecule has 0 aliphatic heterocycles. The van der Waals surface area contributed by atoms with Crippen molar-refractivity contribution in [2.75, 3.05) is 21.3 Å². The minimum Gasteiger partial charge on any atom is -0.497 e. The summed E-state index contributed by atoms with van der Waals surface area (Å²) >= 11 is 9.71. The Morgan fingerprint density at radius 3 is 2.36 bits per heavy atom. The second-order valence-electron chi connectivity index (χ2n) is 6.71. The Labute approximate surface area is 205 Å². The number of rotatable bonds is 9. The number of benzene rings is 3. The minimum atomic E-state index is -0.408. The van der Waals surface area contributed by atoms with Crippen LogP contribution in [0.4, 0.5) is 0 Å². The molecule has 0 fully saturated rings. The number of hydrogen-bond acceptors (Lipinski definition) is 6. The van der Waals surface area contributed by atoms with E-state index >= 15 is 0 Å². The molecule has 0 spiro atoms. The first-order valence-electron chi connectivity index (χ1n) is 9.75. The molecule has 33 heavy (non-hydrogen) atoms. The number of nitrogens with zero attached hydrogens (tertiary/aromatic N) is 1. The predicted molar refractivity (Wildman–Crippen MR) is 131 cm³/mol. The van der Waals surface area contributed by atoms with Crippen LogP contribution >= 0.6 is 27.5 Å². The molecule has 0 heterocycles. The molecule has 172 valence electrons. The predicted octanol–water partition coefficient (Wildman–Crippen LogP) is 5.47. The summed E-state index contributed by atoms with van der Waals surface area (Å²) in [5, 5.41) is 4.67. The maximum atomic E-state index is 12.5. The Morgan fingerprint density at radius 1 is 1.03 bits per heavy atom.